The van der Waals surface area contributed by atoms with E-state index in [0.717, 1.165) is 18.1 Å². The van der Waals surface area contributed by atoms with E-state index >= 15 is 0 Å². The Hall–Kier alpha value is -2.62. The lowest BCUT2D eigenvalue weighted by atomic mass is 10.2. The van der Waals surface area contributed by atoms with Gasteiger partial charge in [-0.2, -0.15) is 5.10 Å². The first kappa shape index (κ1) is 11.5. The number of pyridine rings is 1. The van der Waals surface area contributed by atoms with E-state index in [9.17, 15) is 0 Å². The monoisotopic (exact) mass is 250 g/mol. The zero-order valence-electron chi connectivity index (χ0n) is 10.4. The molecule has 0 amide bonds. The predicted molar refractivity (Wildman–Crippen MR) is 75.1 cm³/mol. The zero-order chi connectivity index (χ0) is 12.9. The van der Waals surface area contributed by atoms with Crippen molar-refractivity contribution in [2.24, 2.45) is 0 Å². The van der Waals surface area contributed by atoms with Gasteiger partial charge in [0.15, 0.2) is 5.82 Å². The Morgan fingerprint density at radius 1 is 1.00 bits per heavy atom. The molecule has 0 radical (unpaired) electrons. The number of benzene rings is 1. The number of hydrogen-bond donors (Lipinski definition) is 1. The Labute approximate surface area is 111 Å². The smallest absolute Gasteiger partial charge is 0.153 e. The summed E-state index contributed by atoms with van der Waals surface area (Å²) in [6.45, 7) is 0.795. The number of nitrogens with one attached hydrogen (secondary N) is 1. The standard InChI is InChI=1S/C15H14N4/c1-2-5-13(6-3-1)11-16-14-7-8-15(17-12-14)19-10-4-9-18-19/h1-10,12,16H,11H2. The maximum atomic E-state index is 4.37. The number of aromatic nitrogens is 3. The van der Waals surface area contributed by atoms with E-state index in [-0.39, 0.29) is 0 Å². The van der Waals surface area contributed by atoms with Gasteiger partial charge in [-0.1, -0.05) is 30.3 Å². The molecule has 2 heterocycles. The Morgan fingerprint density at radius 2 is 1.89 bits per heavy atom. The molecule has 0 unspecified atom stereocenters. The SMILES string of the molecule is c1ccc(CNc2ccc(-n3cccn3)nc2)cc1. The molecule has 94 valence electrons. The highest BCUT2D eigenvalue weighted by atomic mass is 15.3. The lowest BCUT2D eigenvalue weighted by molar-refractivity contribution is 0.847. The van der Waals surface area contributed by atoms with Gasteiger partial charge in [0, 0.05) is 18.9 Å². The van der Waals surface area contributed by atoms with Crippen LogP contribution in [0.4, 0.5) is 5.69 Å². The normalized spacial score (nSPS) is 10.3. The van der Waals surface area contributed by atoms with Crippen LogP contribution in [0.15, 0.2) is 67.1 Å². The first-order chi connectivity index (χ1) is 9.42. The minimum absolute atomic E-state index is 0.795. The molecule has 2 aromatic heterocycles. The van der Waals surface area contributed by atoms with Gasteiger partial charge in [0.25, 0.3) is 0 Å². The van der Waals surface area contributed by atoms with Crippen LogP contribution in [0.5, 0.6) is 0 Å². The first-order valence-electron chi connectivity index (χ1n) is 6.16. The van der Waals surface area contributed by atoms with E-state index in [2.05, 4.69) is 27.5 Å². The van der Waals surface area contributed by atoms with E-state index < -0.39 is 0 Å². The molecule has 19 heavy (non-hydrogen) atoms. The molecule has 1 N–H and O–H groups in total. The van der Waals surface area contributed by atoms with Gasteiger partial charge >= 0.3 is 0 Å². The van der Waals surface area contributed by atoms with Crippen LogP contribution in [0.1, 0.15) is 5.56 Å². The van der Waals surface area contributed by atoms with E-state index in [0.29, 0.717) is 0 Å². The molecule has 4 heteroatoms. The van der Waals surface area contributed by atoms with Crippen molar-refractivity contribution in [3.8, 4) is 5.82 Å². The van der Waals surface area contributed by atoms with Crippen LogP contribution >= 0.6 is 0 Å². The van der Waals surface area contributed by atoms with Crippen LogP contribution in [0.3, 0.4) is 0 Å². The van der Waals surface area contributed by atoms with Crippen LogP contribution in [0, 0.1) is 0 Å². The number of nitrogens with zero attached hydrogens (tertiary/aromatic N) is 3. The molecule has 0 bridgehead atoms. The summed E-state index contributed by atoms with van der Waals surface area (Å²) in [7, 11) is 0. The molecule has 0 saturated heterocycles. The number of hydrogen-bond acceptors (Lipinski definition) is 3. The second kappa shape index (κ2) is 5.35. The molecule has 0 aliphatic rings. The average Bonchev–Trinajstić information content (AvgIpc) is 3.01. The maximum Gasteiger partial charge on any atom is 0.153 e. The molecule has 4 nitrogen and oxygen atoms in total. The Kier molecular flexibility index (Phi) is 3.23. The fourth-order valence-electron chi connectivity index (χ4n) is 1.83. The van der Waals surface area contributed by atoms with Gasteiger partial charge in [0.1, 0.15) is 0 Å². The van der Waals surface area contributed by atoms with Crippen molar-refractivity contribution < 1.29 is 0 Å². The van der Waals surface area contributed by atoms with Crippen molar-refractivity contribution in [2.45, 2.75) is 6.54 Å². The summed E-state index contributed by atoms with van der Waals surface area (Å²) in [5.41, 5.74) is 2.25. The minimum Gasteiger partial charge on any atom is -0.380 e. The molecule has 0 spiro atoms. The first-order valence-corrected chi connectivity index (χ1v) is 6.16. The second-order valence-electron chi connectivity index (χ2n) is 4.19. The van der Waals surface area contributed by atoms with E-state index in [4.69, 9.17) is 0 Å². The summed E-state index contributed by atoms with van der Waals surface area (Å²) in [4.78, 5) is 4.37. The van der Waals surface area contributed by atoms with Gasteiger partial charge in [0.2, 0.25) is 0 Å². The maximum absolute atomic E-state index is 4.37. The van der Waals surface area contributed by atoms with E-state index in [1.165, 1.54) is 5.56 Å². The highest BCUT2D eigenvalue weighted by Crippen LogP contribution is 2.10. The molecule has 0 aliphatic carbocycles. The molecule has 1 aromatic carbocycles. The van der Waals surface area contributed by atoms with Gasteiger partial charge in [-0.3, -0.25) is 0 Å². The third kappa shape index (κ3) is 2.80. The lowest BCUT2D eigenvalue weighted by Gasteiger charge is -2.07. The molecule has 0 saturated carbocycles. The van der Waals surface area contributed by atoms with Crippen molar-refractivity contribution in [1.82, 2.24) is 14.8 Å². The van der Waals surface area contributed by atoms with Crippen LogP contribution in [0.2, 0.25) is 0 Å². The zero-order valence-corrected chi connectivity index (χ0v) is 10.4. The Balaban J connectivity index is 1.67. The third-order valence-electron chi connectivity index (χ3n) is 2.83. The fraction of sp³-hybridized carbons (Fsp3) is 0.0667. The van der Waals surface area contributed by atoms with Crippen molar-refractivity contribution in [3.63, 3.8) is 0 Å². The predicted octanol–water partition coefficient (Wildman–Crippen LogP) is 2.88. The van der Waals surface area contributed by atoms with E-state index in [1.807, 2.05) is 48.8 Å². The van der Waals surface area contributed by atoms with Crippen molar-refractivity contribution >= 4 is 5.69 Å². The molecular weight excluding hydrogens is 236 g/mol. The van der Waals surface area contributed by atoms with Crippen molar-refractivity contribution in [3.05, 3.63) is 72.7 Å². The third-order valence-corrected chi connectivity index (χ3v) is 2.83. The van der Waals surface area contributed by atoms with Crippen LogP contribution < -0.4 is 5.32 Å². The molecule has 3 aromatic rings. The largest absolute Gasteiger partial charge is 0.380 e. The summed E-state index contributed by atoms with van der Waals surface area (Å²) in [6.07, 6.45) is 5.43. The van der Waals surface area contributed by atoms with E-state index in [1.54, 1.807) is 10.9 Å². The lowest BCUT2D eigenvalue weighted by Crippen LogP contribution is -2.01. The minimum atomic E-state index is 0.795. The Bertz CT molecular complexity index is 615. The van der Waals surface area contributed by atoms with Gasteiger partial charge in [-0.15, -0.1) is 0 Å². The molecule has 0 aliphatic heterocycles. The molecule has 0 atom stereocenters. The topological polar surface area (TPSA) is 42.7 Å². The number of anilines is 1. The van der Waals surface area contributed by atoms with Gasteiger partial charge in [-0.05, 0) is 23.8 Å². The van der Waals surface area contributed by atoms with Gasteiger partial charge < -0.3 is 5.32 Å². The average molecular weight is 250 g/mol. The molecule has 0 fully saturated rings. The molecule has 3 rings (SSSR count). The van der Waals surface area contributed by atoms with Crippen LogP contribution in [0.25, 0.3) is 5.82 Å². The quantitative estimate of drug-likeness (QED) is 0.774. The van der Waals surface area contributed by atoms with Crippen LogP contribution in [-0.2, 0) is 6.54 Å². The fourth-order valence-corrected chi connectivity index (χ4v) is 1.83. The highest BCUT2D eigenvalue weighted by molar-refractivity contribution is 5.44. The van der Waals surface area contributed by atoms with Gasteiger partial charge in [0.05, 0.1) is 11.9 Å². The van der Waals surface area contributed by atoms with Crippen LogP contribution in [-0.4, -0.2) is 14.8 Å². The Morgan fingerprint density at radius 3 is 2.58 bits per heavy atom. The summed E-state index contributed by atoms with van der Waals surface area (Å²) >= 11 is 0. The highest BCUT2D eigenvalue weighted by Gasteiger charge is 1.98. The van der Waals surface area contributed by atoms with Crippen molar-refractivity contribution in [1.29, 1.82) is 0 Å². The summed E-state index contributed by atoms with van der Waals surface area (Å²) in [5, 5.41) is 7.48. The summed E-state index contributed by atoms with van der Waals surface area (Å²) in [5.74, 6) is 0.815. The summed E-state index contributed by atoms with van der Waals surface area (Å²) < 4.78 is 1.74. The van der Waals surface area contributed by atoms with Crippen molar-refractivity contribution in [2.75, 3.05) is 5.32 Å². The van der Waals surface area contributed by atoms with Gasteiger partial charge in [-0.25, -0.2) is 9.67 Å². The number of rotatable bonds is 4. The summed E-state index contributed by atoms with van der Waals surface area (Å²) in [6, 6.07) is 16.1. The molecular formula is C15H14N4. The second-order valence-corrected chi connectivity index (χ2v) is 4.19.